The normalized spacial score (nSPS) is 11.9. The molecule has 0 aliphatic carbocycles. The second kappa shape index (κ2) is 5.32. The molecule has 0 bridgehead atoms. The maximum absolute atomic E-state index is 11.9. The number of carbonyl (C=O) groups excluding carboxylic acids is 1. The summed E-state index contributed by atoms with van der Waals surface area (Å²) >= 11 is 0. The Balaban J connectivity index is 2.81. The summed E-state index contributed by atoms with van der Waals surface area (Å²) in [7, 11) is 0. The second-order valence-electron chi connectivity index (χ2n) is 4.14. The zero-order valence-corrected chi connectivity index (χ0v) is 9.82. The first-order valence-corrected chi connectivity index (χ1v) is 5.32. The molecule has 0 aliphatic heterocycles. The summed E-state index contributed by atoms with van der Waals surface area (Å²) in [6.45, 7) is 5.70. The topological polar surface area (TPSA) is 52.9 Å². The minimum Gasteiger partial charge on any atom is -0.336 e. The Morgan fingerprint density at radius 2 is 2.00 bits per heavy atom. The first-order valence-electron chi connectivity index (χ1n) is 5.32. The van der Waals surface area contributed by atoms with Crippen molar-refractivity contribution in [1.82, 2.24) is 5.32 Å². The lowest BCUT2D eigenvalue weighted by molar-refractivity contribution is 0.0937. The molecule has 1 rings (SSSR count). The van der Waals surface area contributed by atoms with Gasteiger partial charge >= 0.3 is 0 Å². The van der Waals surface area contributed by atoms with E-state index in [0.29, 0.717) is 5.56 Å². The van der Waals surface area contributed by atoms with Gasteiger partial charge in [0.1, 0.15) is 6.04 Å². The van der Waals surface area contributed by atoms with Crippen LogP contribution in [0.25, 0.3) is 0 Å². The van der Waals surface area contributed by atoms with Crippen LogP contribution in [0.4, 0.5) is 0 Å². The molecule has 0 saturated heterocycles. The molecule has 3 heteroatoms. The van der Waals surface area contributed by atoms with Crippen LogP contribution in [0.1, 0.15) is 29.8 Å². The molecule has 1 N–H and O–H groups in total. The number of rotatable bonds is 3. The molecular weight excluding hydrogens is 200 g/mol. The quantitative estimate of drug-likeness (QED) is 0.842. The highest BCUT2D eigenvalue weighted by molar-refractivity contribution is 5.95. The highest BCUT2D eigenvalue weighted by Crippen LogP contribution is 2.08. The van der Waals surface area contributed by atoms with E-state index < -0.39 is 6.04 Å². The Bertz CT molecular complexity index is 418. The van der Waals surface area contributed by atoms with Crippen molar-refractivity contribution in [3.63, 3.8) is 0 Å². The standard InChI is InChI=1S/C13H16N2O/c1-9(2)12(8-14)15-13(16)11-7-5-4-6-10(11)3/h4-7,9,12H,1-3H3,(H,15,16). The van der Waals surface area contributed by atoms with Gasteiger partial charge < -0.3 is 5.32 Å². The molecule has 16 heavy (non-hydrogen) atoms. The summed E-state index contributed by atoms with van der Waals surface area (Å²) in [5, 5.41) is 11.6. The van der Waals surface area contributed by atoms with E-state index in [4.69, 9.17) is 5.26 Å². The molecule has 1 unspecified atom stereocenters. The molecule has 0 aliphatic rings. The van der Waals surface area contributed by atoms with Gasteiger partial charge in [0.25, 0.3) is 5.91 Å². The Morgan fingerprint density at radius 3 is 2.50 bits per heavy atom. The smallest absolute Gasteiger partial charge is 0.252 e. The summed E-state index contributed by atoms with van der Waals surface area (Å²) in [4.78, 5) is 11.9. The van der Waals surface area contributed by atoms with Crippen LogP contribution in [0.5, 0.6) is 0 Å². The molecule has 0 aromatic heterocycles. The van der Waals surface area contributed by atoms with Gasteiger partial charge in [-0.3, -0.25) is 4.79 Å². The number of benzene rings is 1. The minimum atomic E-state index is -0.438. The average molecular weight is 216 g/mol. The van der Waals surface area contributed by atoms with Gasteiger partial charge in [-0.25, -0.2) is 0 Å². The highest BCUT2D eigenvalue weighted by atomic mass is 16.1. The Labute approximate surface area is 96.1 Å². The molecule has 1 amide bonds. The van der Waals surface area contributed by atoms with Crippen LogP contribution in [-0.2, 0) is 0 Å². The fourth-order valence-corrected chi connectivity index (χ4v) is 1.39. The van der Waals surface area contributed by atoms with Crippen LogP contribution < -0.4 is 5.32 Å². The van der Waals surface area contributed by atoms with E-state index in [9.17, 15) is 4.79 Å². The van der Waals surface area contributed by atoms with Crippen LogP contribution in [0.15, 0.2) is 24.3 Å². The third-order valence-electron chi connectivity index (χ3n) is 2.48. The minimum absolute atomic E-state index is 0.109. The van der Waals surface area contributed by atoms with Gasteiger partial charge in [0.2, 0.25) is 0 Å². The molecule has 84 valence electrons. The highest BCUT2D eigenvalue weighted by Gasteiger charge is 2.16. The van der Waals surface area contributed by atoms with E-state index in [-0.39, 0.29) is 11.8 Å². The van der Waals surface area contributed by atoms with Gasteiger partial charge in [0.15, 0.2) is 0 Å². The lowest BCUT2D eigenvalue weighted by Gasteiger charge is -2.15. The van der Waals surface area contributed by atoms with E-state index in [1.54, 1.807) is 6.07 Å². The molecule has 1 aromatic rings. The number of carbonyl (C=O) groups is 1. The van der Waals surface area contributed by atoms with Gasteiger partial charge in [0, 0.05) is 5.56 Å². The maximum atomic E-state index is 11.9. The molecule has 1 atom stereocenters. The number of aryl methyl sites for hydroxylation is 1. The summed E-state index contributed by atoms with van der Waals surface area (Å²) in [5.74, 6) is -0.0729. The second-order valence-corrected chi connectivity index (χ2v) is 4.14. The largest absolute Gasteiger partial charge is 0.336 e. The lowest BCUT2D eigenvalue weighted by atomic mass is 10.0. The van der Waals surface area contributed by atoms with Gasteiger partial charge in [0.05, 0.1) is 6.07 Å². The van der Waals surface area contributed by atoms with Crippen molar-refractivity contribution in [3.8, 4) is 6.07 Å². The summed E-state index contributed by atoms with van der Waals surface area (Å²) in [6, 6.07) is 9.00. The SMILES string of the molecule is Cc1ccccc1C(=O)NC(C#N)C(C)C. The Morgan fingerprint density at radius 1 is 1.38 bits per heavy atom. The number of hydrogen-bond acceptors (Lipinski definition) is 2. The van der Waals surface area contributed by atoms with Crippen LogP contribution in [-0.4, -0.2) is 11.9 Å². The third-order valence-corrected chi connectivity index (χ3v) is 2.48. The average Bonchev–Trinajstić information content (AvgIpc) is 2.25. The molecule has 0 fully saturated rings. The predicted molar refractivity (Wildman–Crippen MR) is 62.9 cm³/mol. The molecule has 0 radical (unpaired) electrons. The van der Waals surface area contributed by atoms with Crippen molar-refractivity contribution in [2.75, 3.05) is 0 Å². The summed E-state index contributed by atoms with van der Waals surface area (Å²) in [6.07, 6.45) is 0. The van der Waals surface area contributed by atoms with E-state index in [1.807, 2.05) is 39.0 Å². The molecule has 3 nitrogen and oxygen atoms in total. The Hall–Kier alpha value is -1.82. The van der Waals surface area contributed by atoms with Crippen molar-refractivity contribution < 1.29 is 4.79 Å². The summed E-state index contributed by atoms with van der Waals surface area (Å²) in [5.41, 5.74) is 1.55. The molecule has 0 spiro atoms. The first kappa shape index (κ1) is 12.3. The Kier molecular flexibility index (Phi) is 4.07. The van der Waals surface area contributed by atoms with Crippen molar-refractivity contribution >= 4 is 5.91 Å². The molecular formula is C13H16N2O. The van der Waals surface area contributed by atoms with E-state index in [0.717, 1.165) is 5.56 Å². The van der Waals surface area contributed by atoms with E-state index >= 15 is 0 Å². The van der Waals surface area contributed by atoms with Gasteiger partial charge in [-0.15, -0.1) is 0 Å². The maximum Gasteiger partial charge on any atom is 0.252 e. The third kappa shape index (κ3) is 2.83. The van der Waals surface area contributed by atoms with Crippen molar-refractivity contribution in [1.29, 1.82) is 5.26 Å². The van der Waals surface area contributed by atoms with Crippen LogP contribution >= 0.6 is 0 Å². The summed E-state index contributed by atoms with van der Waals surface area (Å²) < 4.78 is 0. The van der Waals surface area contributed by atoms with Crippen molar-refractivity contribution in [2.45, 2.75) is 26.8 Å². The fourth-order valence-electron chi connectivity index (χ4n) is 1.39. The number of amides is 1. The van der Waals surface area contributed by atoms with Gasteiger partial charge in [-0.2, -0.15) is 5.26 Å². The van der Waals surface area contributed by atoms with Crippen LogP contribution in [0, 0.1) is 24.2 Å². The number of hydrogen-bond donors (Lipinski definition) is 1. The van der Waals surface area contributed by atoms with E-state index in [1.165, 1.54) is 0 Å². The number of nitrogens with one attached hydrogen (secondary N) is 1. The number of nitriles is 1. The first-order chi connectivity index (χ1) is 7.56. The predicted octanol–water partition coefficient (Wildman–Crippen LogP) is 2.27. The lowest BCUT2D eigenvalue weighted by Crippen LogP contribution is -2.37. The number of nitrogens with zero attached hydrogens (tertiary/aromatic N) is 1. The van der Waals surface area contributed by atoms with E-state index in [2.05, 4.69) is 11.4 Å². The van der Waals surface area contributed by atoms with Crippen LogP contribution in [0.2, 0.25) is 0 Å². The zero-order valence-electron chi connectivity index (χ0n) is 9.82. The van der Waals surface area contributed by atoms with Gasteiger partial charge in [-0.1, -0.05) is 32.0 Å². The molecule has 0 heterocycles. The molecule has 0 saturated carbocycles. The van der Waals surface area contributed by atoms with Crippen molar-refractivity contribution in [2.24, 2.45) is 5.92 Å². The fraction of sp³-hybridized carbons (Fsp3) is 0.385. The zero-order chi connectivity index (χ0) is 12.1. The van der Waals surface area contributed by atoms with Crippen LogP contribution in [0.3, 0.4) is 0 Å². The van der Waals surface area contributed by atoms with Crippen molar-refractivity contribution in [3.05, 3.63) is 35.4 Å². The van der Waals surface area contributed by atoms with Gasteiger partial charge in [-0.05, 0) is 24.5 Å². The monoisotopic (exact) mass is 216 g/mol. The molecule has 1 aromatic carbocycles.